The van der Waals surface area contributed by atoms with Gasteiger partial charge in [-0.2, -0.15) is 0 Å². The van der Waals surface area contributed by atoms with E-state index in [2.05, 4.69) is 20.8 Å². The largest absolute Gasteiger partial charge is 0.497 e. The topological polar surface area (TPSA) is 94.6 Å². The first-order valence-electron chi connectivity index (χ1n) is 8.87. The molecular formula is C21H22N4O4. The first-order chi connectivity index (χ1) is 14.1. The Hall–Kier alpha value is -3.81. The monoisotopic (exact) mass is 394 g/mol. The molecule has 2 N–H and O–H groups in total. The molecule has 0 atom stereocenters. The fraction of sp³-hybridized carbons (Fsp3) is 0.190. The van der Waals surface area contributed by atoms with E-state index in [1.807, 2.05) is 24.3 Å². The van der Waals surface area contributed by atoms with Crippen molar-refractivity contribution in [3.05, 3.63) is 65.9 Å². The van der Waals surface area contributed by atoms with Gasteiger partial charge >= 0.3 is 0 Å². The molecule has 0 saturated carbocycles. The van der Waals surface area contributed by atoms with Gasteiger partial charge in [-0.1, -0.05) is 12.1 Å². The molecule has 0 aliphatic rings. The highest BCUT2D eigenvalue weighted by molar-refractivity contribution is 6.02. The highest BCUT2D eigenvalue weighted by Gasteiger charge is 2.11. The van der Waals surface area contributed by atoms with Gasteiger partial charge in [0, 0.05) is 18.3 Å². The second kappa shape index (κ2) is 9.41. The van der Waals surface area contributed by atoms with Crippen molar-refractivity contribution in [2.24, 2.45) is 0 Å². The second-order valence-corrected chi connectivity index (χ2v) is 6.03. The number of rotatable bonds is 8. The molecule has 0 aliphatic heterocycles. The third-order valence-electron chi connectivity index (χ3n) is 4.17. The molecule has 29 heavy (non-hydrogen) atoms. The van der Waals surface area contributed by atoms with Crippen LogP contribution >= 0.6 is 0 Å². The molecule has 0 spiro atoms. The molecule has 8 heteroatoms. The van der Waals surface area contributed by atoms with Crippen LogP contribution in [-0.4, -0.2) is 37.4 Å². The molecule has 1 amide bonds. The normalized spacial score (nSPS) is 10.2. The number of benzene rings is 2. The Balaban J connectivity index is 1.59. The summed E-state index contributed by atoms with van der Waals surface area (Å²) in [6, 6.07) is 16.1. The molecule has 1 aromatic heterocycles. The van der Waals surface area contributed by atoms with E-state index >= 15 is 0 Å². The lowest BCUT2D eigenvalue weighted by atomic mass is 10.2. The molecular weight excluding hydrogens is 372 g/mol. The van der Waals surface area contributed by atoms with Gasteiger partial charge in [-0.05, 0) is 42.0 Å². The fourth-order valence-corrected chi connectivity index (χ4v) is 2.59. The number of ether oxygens (including phenoxy) is 3. The molecule has 3 aromatic rings. The van der Waals surface area contributed by atoms with E-state index in [0.717, 1.165) is 11.3 Å². The highest BCUT2D eigenvalue weighted by atomic mass is 16.5. The van der Waals surface area contributed by atoms with E-state index in [4.69, 9.17) is 14.2 Å². The number of carbonyl (C=O) groups is 1. The lowest BCUT2D eigenvalue weighted by Gasteiger charge is -2.10. The van der Waals surface area contributed by atoms with Crippen LogP contribution in [-0.2, 0) is 6.54 Å². The van der Waals surface area contributed by atoms with E-state index in [9.17, 15) is 4.79 Å². The SMILES string of the molecule is COc1ccc(CNc2ccc(C(=O)Nc3ccc(OC)c(OC)c3)nn2)cc1. The minimum atomic E-state index is -0.369. The van der Waals surface area contributed by atoms with Crippen LogP contribution in [0.15, 0.2) is 54.6 Å². The molecule has 0 radical (unpaired) electrons. The Bertz CT molecular complexity index is 959. The zero-order chi connectivity index (χ0) is 20.6. The number of hydrogen-bond acceptors (Lipinski definition) is 7. The quantitative estimate of drug-likeness (QED) is 0.605. The summed E-state index contributed by atoms with van der Waals surface area (Å²) >= 11 is 0. The van der Waals surface area contributed by atoms with Crippen LogP contribution in [0.2, 0.25) is 0 Å². The number of hydrogen-bond donors (Lipinski definition) is 2. The third-order valence-corrected chi connectivity index (χ3v) is 4.17. The minimum Gasteiger partial charge on any atom is -0.497 e. The Morgan fingerprint density at radius 3 is 2.24 bits per heavy atom. The lowest BCUT2D eigenvalue weighted by molar-refractivity contribution is 0.102. The summed E-state index contributed by atoms with van der Waals surface area (Å²) in [6.07, 6.45) is 0. The number of anilines is 2. The predicted octanol–water partition coefficient (Wildman–Crippen LogP) is 3.37. The maximum Gasteiger partial charge on any atom is 0.276 e. The van der Waals surface area contributed by atoms with Gasteiger partial charge in [0.05, 0.1) is 21.3 Å². The molecule has 0 unspecified atom stereocenters. The van der Waals surface area contributed by atoms with Crippen molar-refractivity contribution in [3.63, 3.8) is 0 Å². The first kappa shape index (κ1) is 19.9. The van der Waals surface area contributed by atoms with Crippen LogP contribution in [0, 0.1) is 0 Å². The van der Waals surface area contributed by atoms with Gasteiger partial charge in [0.2, 0.25) is 0 Å². The summed E-state index contributed by atoms with van der Waals surface area (Å²) in [4.78, 5) is 12.4. The average molecular weight is 394 g/mol. The van der Waals surface area contributed by atoms with Crippen LogP contribution in [0.3, 0.4) is 0 Å². The molecule has 0 bridgehead atoms. The Labute approximate surface area is 168 Å². The summed E-state index contributed by atoms with van der Waals surface area (Å²) < 4.78 is 15.6. The van der Waals surface area contributed by atoms with Gasteiger partial charge in [0.25, 0.3) is 5.91 Å². The number of methoxy groups -OCH3 is 3. The van der Waals surface area contributed by atoms with Gasteiger partial charge in [0.15, 0.2) is 17.2 Å². The van der Waals surface area contributed by atoms with Gasteiger partial charge in [-0.25, -0.2) is 0 Å². The molecule has 0 saturated heterocycles. The van der Waals surface area contributed by atoms with E-state index in [1.54, 1.807) is 44.6 Å². The lowest BCUT2D eigenvalue weighted by Crippen LogP contribution is -2.15. The van der Waals surface area contributed by atoms with Crippen LogP contribution in [0.5, 0.6) is 17.2 Å². The Morgan fingerprint density at radius 2 is 1.62 bits per heavy atom. The Kier molecular flexibility index (Phi) is 6.47. The van der Waals surface area contributed by atoms with Crippen molar-refractivity contribution in [3.8, 4) is 17.2 Å². The number of nitrogens with zero attached hydrogens (tertiary/aromatic N) is 2. The number of nitrogens with one attached hydrogen (secondary N) is 2. The van der Waals surface area contributed by atoms with E-state index in [-0.39, 0.29) is 11.6 Å². The maximum atomic E-state index is 12.4. The molecule has 2 aromatic carbocycles. The molecule has 0 aliphatic carbocycles. The zero-order valence-electron chi connectivity index (χ0n) is 16.4. The van der Waals surface area contributed by atoms with Crippen LogP contribution in [0.1, 0.15) is 16.1 Å². The molecule has 8 nitrogen and oxygen atoms in total. The highest BCUT2D eigenvalue weighted by Crippen LogP contribution is 2.29. The van der Waals surface area contributed by atoms with E-state index < -0.39 is 0 Å². The van der Waals surface area contributed by atoms with E-state index in [0.29, 0.717) is 29.5 Å². The van der Waals surface area contributed by atoms with Gasteiger partial charge in [-0.15, -0.1) is 10.2 Å². The molecule has 3 rings (SSSR count). The zero-order valence-corrected chi connectivity index (χ0v) is 16.4. The molecule has 1 heterocycles. The van der Waals surface area contributed by atoms with Crippen molar-refractivity contribution >= 4 is 17.4 Å². The van der Waals surface area contributed by atoms with Gasteiger partial charge < -0.3 is 24.8 Å². The van der Waals surface area contributed by atoms with Crippen molar-refractivity contribution in [1.82, 2.24) is 10.2 Å². The number of aromatic nitrogens is 2. The van der Waals surface area contributed by atoms with Crippen molar-refractivity contribution in [1.29, 1.82) is 0 Å². The summed E-state index contributed by atoms with van der Waals surface area (Å²) in [7, 11) is 4.72. The standard InChI is InChI=1S/C21H22N4O4/c1-27-16-7-4-14(5-8-16)13-22-20-11-9-17(24-25-20)21(26)23-15-6-10-18(28-2)19(12-15)29-3/h4-12H,13H2,1-3H3,(H,22,25)(H,23,26). The van der Waals surface area contributed by atoms with Crippen molar-refractivity contribution < 1.29 is 19.0 Å². The van der Waals surface area contributed by atoms with Gasteiger partial charge in [-0.3, -0.25) is 4.79 Å². The smallest absolute Gasteiger partial charge is 0.276 e. The van der Waals surface area contributed by atoms with E-state index in [1.165, 1.54) is 7.11 Å². The average Bonchev–Trinajstić information content (AvgIpc) is 2.78. The number of amides is 1. The van der Waals surface area contributed by atoms with Crippen LogP contribution in [0.25, 0.3) is 0 Å². The fourth-order valence-electron chi connectivity index (χ4n) is 2.59. The first-order valence-corrected chi connectivity index (χ1v) is 8.87. The maximum absolute atomic E-state index is 12.4. The summed E-state index contributed by atoms with van der Waals surface area (Å²) in [5.74, 6) is 2.11. The van der Waals surface area contributed by atoms with Crippen molar-refractivity contribution in [2.45, 2.75) is 6.54 Å². The van der Waals surface area contributed by atoms with Gasteiger partial charge in [0.1, 0.15) is 11.6 Å². The van der Waals surface area contributed by atoms with Crippen LogP contribution in [0.4, 0.5) is 11.5 Å². The number of carbonyl (C=O) groups excluding carboxylic acids is 1. The summed E-state index contributed by atoms with van der Waals surface area (Å²) in [5, 5.41) is 14.0. The summed E-state index contributed by atoms with van der Waals surface area (Å²) in [6.45, 7) is 0.579. The summed E-state index contributed by atoms with van der Waals surface area (Å²) in [5.41, 5.74) is 1.84. The predicted molar refractivity (Wildman–Crippen MR) is 110 cm³/mol. The third kappa shape index (κ3) is 5.13. The van der Waals surface area contributed by atoms with Crippen molar-refractivity contribution in [2.75, 3.05) is 32.0 Å². The molecule has 150 valence electrons. The second-order valence-electron chi connectivity index (χ2n) is 6.03. The minimum absolute atomic E-state index is 0.204. The van der Waals surface area contributed by atoms with Crippen LogP contribution < -0.4 is 24.8 Å². The Morgan fingerprint density at radius 1 is 0.862 bits per heavy atom. The molecule has 0 fully saturated rings.